The normalized spacial score (nSPS) is 30.8. The molecule has 0 radical (unpaired) electrons. The van der Waals surface area contributed by atoms with Gasteiger partial charge in [-0.3, -0.25) is 9.88 Å². The molecular formula is C18H21N5. The first-order valence-corrected chi connectivity index (χ1v) is 8.33. The predicted octanol–water partition coefficient (Wildman–Crippen LogP) is 3.27. The highest BCUT2D eigenvalue weighted by Crippen LogP contribution is 2.61. The van der Waals surface area contributed by atoms with Crippen LogP contribution in [-0.4, -0.2) is 15.5 Å². The molecule has 3 N–H and O–H groups in total. The number of hydrogen-bond donors (Lipinski definition) is 2. The molecule has 0 spiro atoms. The molecule has 5 nitrogen and oxygen atoms in total. The number of nitrogens with zero attached hydrogens (tertiary/aromatic N) is 3. The molecule has 1 aromatic carbocycles. The van der Waals surface area contributed by atoms with Gasteiger partial charge in [0.2, 0.25) is 5.95 Å². The van der Waals surface area contributed by atoms with Gasteiger partial charge in [-0.05, 0) is 47.8 Å². The van der Waals surface area contributed by atoms with Crippen molar-refractivity contribution in [3.05, 3.63) is 35.9 Å². The Hall–Kier alpha value is -2.30. The molecule has 2 heterocycles. The first kappa shape index (κ1) is 13.2. The van der Waals surface area contributed by atoms with Crippen molar-refractivity contribution >= 4 is 22.9 Å². The number of para-hydroxylation sites is 2. The summed E-state index contributed by atoms with van der Waals surface area (Å²) in [6.07, 6.45) is 4.76. The molecule has 3 atom stereocenters. The Morgan fingerprint density at radius 2 is 2.13 bits per heavy atom. The van der Waals surface area contributed by atoms with Crippen LogP contribution in [0.4, 0.5) is 5.95 Å². The van der Waals surface area contributed by atoms with Gasteiger partial charge in [0.1, 0.15) is 0 Å². The Morgan fingerprint density at radius 1 is 1.30 bits per heavy atom. The van der Waals surface area contributed by atoms with Crippen molar-refractivity contribution in [1.29, 1.82) is 0 Å². The molecule has 118 valence electrons. The quantitative estimate of drug-likeness (QED) is 0.795. The highest BCUT2D eigenvalue weighted by atomic mass is 15.4. The van der Waals surface area contributed by atoms with Gasteiger partial charge in [0.25, 0.3) is 0 Å². The lowest BCUT2D eigenvalue weighted by Crippen LogP contribution is -2.49. The van der Waals surface area contributed by atoms with E-state index in [0.717, 1.165) is 29.3 Å². The fraction of sp³-hybridized carbons (Fsp3) is 0.444. The lowest BCUT2D eigenvalue weighted by Gasteiger charge is -2.57. The first-order valence-electron chi connectivity index (χ1n) is 8.33. The van der Waals surface area contributed by atoms with Crippen LogP contribution in [0.1, 0.15) is 32.9 Å². The molecule has 1 aliphatic heterocycles. The number of aromatic nitrogens is 2. The van der Waals surface area contributed by atoms with Gasteiger partial charge in [0.15, 0.2) is 12.1 Å². The third-order valence-corrected chi connectivity index (χ3v) is 6.15. The molecule has 0 unspecified atom stereocenters. The summed E-state index contributed by atoms with van der Waals surface area (Å²) in [5.74, 6) is 2.66. The lowest BCUT2D eigenvalue weighted by atomic mass is 9.48. The van der Waals surface area contributed by atoms with E-state index in [0.29, 0.717) is 17.3 Å². The Bertz CT molecular complexity index is 873. The van der Waals surface area contributed by atoms with Crippen LogP contribution in [0.25, 0.3) is 11.0 Å². The average molecular weight is 307 g/mol. The maximum absolute atomic E-state index is 6.05. The van der Waals surface area contributed by atoms with Crippen LogP contribution in [-0.2, 0) is 0 Å². The Labute approximate surface area is 135 Å². The zero-order valence-corrected chi connectivity index (χ0v) is 13.5. The summed E-state index contributed by atoms with van der Waals surface area (Å²) in [5, 5.41) is 3.12. The van der Waals surface area contributed by atoms with E-state index in [1.165, 1.54) is 12.0 Å². The summed E-state index contributed by atoms with van der Waals surface area (Å²) in [5.41, 5.74) is 9.92. The second kappa shape index (κ2) is 4.16. The maximum Gasteiger partial charge on any atom is 0.212 e. The van der Waals surface area contributed by atoms with Gasteiger partial charge in [0.05, 0.1) is 11.0 Å². The fourth-order valence-corrected chi connectivity index (χ4v) is 4.63. The number of anilines is 1. The monoisotopic (exact) mass is 307 g/mol. The second-order valence-electron chi connectivity index (χ2n) is 7.55. The van der Waals surface area contributed by atoms with Crippen LogP contribution in [0.15, 0.2) is 40.9 Å². The number of benzene rings is 1. The van der Waals surface area contributed by atoms with Gasteiger partial charge >= 0.3 is 0 Å². The summed E-state index contributed by atoms with van der Waals surface area (Å²) in [6, 6.07) is 8.21. The van der Waals surface area contributed by atoms with Crippen molar-refractivity contribution in [2.24, 2.45) is 28.0 Å². The molecule has 2 aromatic rings. The largest absolute Gasteiger partial charge is 0.370 e. The van der Waals surface area contributed by atoms with E-state index in [1.807, 2.05) is 12.1 Å². The Kier molecular flexibility index (Phi) is 2.38. The van der Waals surface area contributed by atoms with E-state index in [2.05, 4.69) is 46.9 Å². The van der Waals surface area contributed by atoms with Crippen molar-refractivity contribution in [2.75, 3.05) is 5.32 Å². The van der Waals surface area contributed by atoms with Gasteiger partial charge in [-0.1, -0.05) is 32.1 Å². The minimum absolute atomic E-state index is 0.0656. The Morgan fingerprint density at radius 3 is 2.91 bits per heavy atom. The number of allylic oxidation sites excluding steroid dienone is 1. The van der Waals surface area contributed by atoms with E-state index in [1.54, 1.807) is 0 Å². The van der Waals surface area contributed by atoms with Crippen molar-refractivity contribution < 1.29 is 0 Å². The molecule has 0 saturated heterocycles. The van der Waals surface area contributed by atoms with Gasteiger partial charge in [-0.15, -0.1) is 0 Å². The zero-order valence-electron chi connectivity index (χ0n) is 13.5. The maximum atomic E-state index is 6.05. The number of hydrogen-bond acceptors (Lipinski definition) is 4. The molecule has 6 rings (SSSR count). The SMILES string of the molecule is CC1(C)[C@H]2CC=C([C@@H]3N=C(N)Nc4nc5ccccc5n43)[C@@H]1C2. The smallest absolute Gasteiger partial charge is 0.212 e. The number of aliphatic imine (C=N–C) groups is 1. The summed E-state index contributed by atoms with van der Waals surface area (Å²) >= 11 is 0. The van der Waals surface area contributed by atoms with Crippen LogP contribution in [0.3, 0.4) is 0 Å². The summed E-state index contributed by atoms with van der Waals surface area (Å²) in [7, 11) is 0. The third-order valence-electron chi connectivity index (χ3n) is 6.15. The second-order valence-corrected chi connectivity index (χ2v) is 7.55. The minimum atomic E-state index is -0.0656. The number of rotatable bonds is 1. The average Bonchev–Trinajstić information content (AvgIpc) is 2.91. The van der Waals surface area contributed by atoms with Crippen LogP contribution in [0, 0.1) is 17.3 Å². The number of nitrogens with one attached hydrogen (secondary N) is 1. The van der Waals surface area contributed by atoms with Gasteiger partial charge < -0.3 is 5.73 Å². The van der Waals surface area contributed by atoms with Gasteiger partial charge in [-0.25, -0.2) is 9.98 Å². The molecule has 1 aromatic heterocycles. The Balaban J connectivity index is 1.69. The van der Waals surface area contributed by atoms with Crippen LogP contribution < -0.4 is 11.1 Å². The molecule has 5 heteroatoms. The zero-order chi connectivity index (χ0) is 15.8. The summed E-state index contributed by atoms with van der Waals surface area (Å²) in [6.45, 7) is 4.78. The number of imidazole rings is 1. The fourth-order valence-electron chi connectivity index (χ4n) is 4.63. The third kappa shape index (κ3) is 1.62. The molecule has 1 fully saturated rings. The van der Waals surface area contributed by atoms with Crippen LogP contribution in [0.5, 0.6) is 0 Å². The molecule has 1 saturated carbocycles. The minimum Gasteiger partial charge on any atom is -0.370 e. The van der Waals surface area contributed by atoms with E-state index in [4.69, 9.17) is 10.7 Å². The molecular weight excluding hydrogens is 286 g/mol. The molecule has 4 aliphatic rings. The summed E-state index contributed by atoms with van der Waals surface area (Å²) < 4.78 is 2.20. The van der Waals surface area contributed by atoms with Crippen molar-refractivity contribution in [2.45, 2.75) is 32.9 Å². The predicted molar refractivity (Wildman–Crippen MR) is 92.1 cm³/mol. The number of nitrogens with two attached hydrogens (primary N) is 1. The highest BCUT2D eigenvalue weighted by Gasteiger charge is 2.53. The topological polar surface area (TPSA) is 68.2 Å². The first-order chi connectivity index (χ1) is 11.1. The number of guanidine groups is 1. The van der Waals surface area contributed by atoms with E-state index < -0.39 is 0 Å². The van der Waals surface area contributed by atoms with Crippen molar-refractivity contribution in [1.82, 2.24) is 9.55 Å². The molecule has 2 bridgehead atoms. The van der Waals surface area contributed by atoms with Gasteiger partial charge in [-0.2, -0.15) is 0 Å². The van der Waals surface area contributed by atoms with E-state index in [-0.39, 0.29) is 6.17 Å². The van der Waals surface area contributed by atoms with Crippen molar-refractivity contribution in [3.8, 4) is 0 Å². The standard InChI is InChI=1S/C18H21N5/c1-18(2)10-7-8-11(12(18)9-10)15-21-16(19)22-17-20-13-5-3-4-6-14(13)23(15)17/h3-6,8,10,12,15H,7,9H2,1-2H3,(H3,19,20,21,22)/t10-,12-,15+/m0/s1. The van der Waals surface area contributed by atoms with Crippen molar-refractivity contribution in [3.63, 3.8) is 0 Å². The molecule has 23 heavy (non-hydrogen) atoms. The highest BCUT2D eigenvalue weighted by molar-refractivity contribution is 5.94. The lowest BCUT2D eigenvalue weighted by molar-refractivity contribution is -0.0119. The van der Waals surface area contributed by atoms with Crippen LogP contribution in [0.2, 0.25) is 0 Å². The number of fused-ring (bicyclic) bond motifs is 4. The summed E-state index contributed by atoms with van der Waals surface area (Å²) in [4.78, 5) is 9.43. The molecule has 3 aliphatic carbocycles. The van der Waals surface area contributed by atoms with Gasteiger partial charge in [0, 0.05) is 0 Å². The van der Waals surface area contributed by atoms with E-state index >= 15 is 0 Å². The van der Waals surface area contributed by atoms with E-state index in [9.17, 15) is 0 Å². The molecule has 0 amide bonds. The van der Waals surface area contributed by atoms with Crippen LogP contribution >= 0.6 is 0 Å².